The van der Waals surface area contributed by atoms with Gasteiger partial charge < -0.3 is 37.9 Å². The van der Waals surface area contributed by atoms with E-state index in [4.69, 9.17) is 49.5 Å². The van der Waals surface area contributed by atoms with Crippen LogP contribution in [-0.4, -0.2) is 112 Å². The zero-order valence-electron chi connectivity index (χ0n) is 17.5. The first-order valence-corrected chi connectivity index (χ1v) is 10.4. The van der Waals surface area contributed by atoms with Gasteiger partial charge in [0.1, 0.15) is 0 Å². The first-order valence-electron chi connectivity index (χ1n) is 9.94. The quantitative estimate of drug-likeness (QED) is 0.169. The van der Waals surface area contributed by atoms with Gasteiger partial charge in [-0.1, -0.05) is 0 Å². The van der Waals surface area contributed by atoms with Crippen molar-refractivity contribution in [1.82, 2.24) is 0 Å². The summed E-state index contributed by atoms with van der Waals surface area (Å²) in [7, 11) is 1.65. The number of ether oxygens (including phenoxy) is 8. The van der Waals surface area contributed by atoms with Gasteiger partial charge in [-0.05, 0) is 13.3 Å². The molecule has 0 heterocycles. The minimum atomic E-state index is 0.152. The molecule has 0 aromatic carbocycles. The third kappa shape index (κ3) is 26.0. The van der Waals surface area contributed by atoms with E-state index in [0.29, 0.717) is 99.1 Å². The van der Waals surface area contributed by atoms with Crippen LogP contribution < -0.4 is 0 Å². The van der Waals surface area contributed by atoms with Crippen LogP contribution in [0.4, 0.5) is 0 Å². The Kier molecular flexibility index (Phi) is 25.0. The Labute approximate surface area is 175 Å². The molecular weight excluding hydrogens is 392 g/mol. The Morgan fingerprint density at radius 3 is 0.964 bits per heavy atom. The fourth-order valence-electron chi connectivity index (χ4n) is 1.81. The van der Waals surface area contributed by atoms with E-state index in [-0.39, 0.29) is 5.38 Å². The van der Waals surface area contributed by atoms with Gasteiger partial charge in [0.15, 0.2) is 0 Å². The van der Waals surface area contributed by atoms with Gasteiger partial charge in [0, 0.05) is 19.1 Å². The van der Waals surface area contributed by atoms with Crippen LogP contribution in [0.5, 0.6) is 0 Å². The summed E-state index contributed by atoms with van der Waals surface area (Å²) in [5, 5.41) is 0.152. The van der Waals surface area contributed by atoms with Crippen molar-refractivity contribution >= 4 is 11.6 Å². The van der Waals surface area contributed by atoms with Crippen LogP contribution in [0, 0.1) is 0 Å². The molecule has 0 saturated heterocycles. The lowest BCUT2D eigenvalue weighted by Gasteiger charge is -2.08. The van der Waals surface area contributed by atoms with Crippen LogP contribution in [0.15, 0.2) is 0 Å². The largest absolute Gasteiger partial charge is 0.382 e. The molecule has 0 saturated carbocycles. The molecule has 1 unspecified atom stereocenters. The van der Waals surface area contributed by atoms with Crippen LogP contribution in [-0.2, 0) is 37.9 Å². The smallest absolute Gasteiger partial charge is 0.0701 e. The first kappa shape index (κ1) is 28.0. The Bertz CT molecular complexity index is 285. The molecule has 1 atom stereocenters. The van der Waals surface area contributed by atoms with Crippen molar-refractivity contribution in [3.05, 3.63) is 0 Å². The summed E-state index contributed by atoms with van der Waals surface area (Å²) in [5.74, 6) is 0. The zero-order chi connectivity index (χ0) is 20.5. The van der Waals surface area contributed by atoms with Crippen LogP contribution in [0.1, 0.15) is 13.3 Å². The SMILES string of the molecule is COCCOCCOCCOCCOCCOCCOCCOCCC(C)Cl. The lowest BCUT2D eigenvalue weighted by molar-refractivity contribution is -0.0221. The van der Waals surface area contributed by atoms with Crippen LogP contribution in [0.2, 0.25) is 0 Å². The number of methoxy groups -OCH3 is 1. The molecule has 9 heteroatoms. The van der Waals surface area contributed by atoms with Gasteiger partial charge in [-0.3, -0.25) is 0 Å². The summed E-state index contributed by atoms with van der Waals surface area (Å²) >= 11 is 5.82. The summed E-state index contributed by atoms with van der Waals surface area (Å²) < 4.78 is 42.5. The lowest BCUT2D eigenvalue weighted by atomic mass is 10.3. The highest BCUT2D eigenvalue weighted by Gasteiger charge is 1.96. The summed E-state index contributed by atoms with van der Waals surface area (Å²) in [6, 6.07) is 0. The number of alkyl halides is 1. The Hall–Kier alpha value is -0.0300. The fraction of sp³-hybridized carbons (Fsp3) is 1.00. The number of hydrogen-bond donors (Lipinski definition) is 0. The van der Waals surface area contributed by atoms with E-state index in [2.05, 4.69) is 0 Å². The standard InChI is InChI=1S/C19H39ClO8/c1-19(20)3-4-22-7-8-24-11-12-26-15-16-28-18-17-27-14-13-25-10-9-23-6-5-21-2/h19H,3-18H2,1-2H3. The molecule has 170 valence electrons. The molecular formula is C19H39ClO8. The summed E-state index contributed by atoms with van der Waals surface area (Å²) in [6.45, 7) is 10.5. The van der Waals surface area contributed by atoms with Gasteiger partial charge in [0.05, 0.1) is 92.5 Å². The van der Waals surface area contributed by atoms with E-state index >= 15 is 0 Å². The van der Waals surface area contributed by atoms with Crippen molar-refractivity contribution in [2.45, 2.75) is 18.7 Å². The van der Waals surface area contributed by atoms with Gasteiger partial charge >= 0.3 is 0 Å². The highest BCUT2D eigenvalue weighted by Crippen LogP contribution is 1.99. The zero-order valence-corrected chi connectivity index (χ0v) is 18.3. The number of hydrogen-bond acceptors (Lipinski definition) is 8. The predicted octanol–water partition coefficient (Wildman–Crippen LogP) is 1.77. The highest BCUT2D eigenvalue weighted by molar-refractivity contribution is 6.20. The van der Waals surface area contributed by atoms with Gasteiger partial charge in [-0.25, -0.2) is 0 Å². The second kappa shape index (κ2) is 25.0. The summed E-state index contributed by atoms with van der Waals surface area (Å²) in [5.41, 5.74) is 0. The van der Waals surface area contributed by atoms with Crippen molar-refractivity contribution in [1.29, 1.82) is 0 Å². The van der Waals surface area contributed by atoms with Gasteiger partial charge in [0.2, 0.25) is 0 Å². The highest BCUT2D eigenvalue weighted by atomic mass is 35.5. The molecule has 0 N–H and O–H groups in total. The van der Waals surface area contributed by atoms with Crippen LogP contribution >= 0.6 is 11.6 Å². The number of rotatable bonds is 24. The fourth-order valence-corrected chi connectivity index (χ4v) is 1.90. The van der Waals surface area contributed by atoms with Crippen molar-refractivity contribution < 1.29 is 37.9 Å². The average Bonchev–Trinajstić information content (AvgIpc) is 2.68. The van der Waals surface area contributed by atoms with Gasteiger partial charge in [-0.2, -0.15) is 0 Å². The number of halogens is 1. The molecule has 0 spiro atoms. The maximum absolute atomic E-state index is 5.82. The molecule has 8 nitrogen and oxygen atoms in total. The molecule has 0 radical (unpaired) electrons. The first-order chi connectivity index (χ1) is 13.8. The van der Waals surface area contributed by atoms with Gasteiger partial charge in [-0.15, -0.1) is 11.6 Å². The van der Waals surface area contributed by atoms with E-state index in [1.807, 2.05) is 6.92 Å². The molecule has 0 aliphatic carbocycles. The molecule has 0 aromatic rings. The Balaban J connectivity index is 2.98. The van der Waals surface area contributed by atoms with E-state index in [9.17, 15) is 0 Å². The maximum atomic E-state index is 5.82. The molecule has 0 aromatic heterocycles. The van der Waals surface area contributed by atoms with Crippen molar-refractivity contribution in [3.63, 3.8) is 0 Å². The van der Waals surface area contributed by atoms with Crippen LogP contribution in [0.25, 0.3) is 0 Å². The molecule has 0 aliphatic heterocycles. The lowest BCUT2D eigenvalue weighted by Crippen LogP contribution is -2.15. The molecule has 0 rings (SSSR count). The third-order valence-electron chi connectivity index (χ3n) is 3.32. The third-order valence-corrected chi connectivity index (χ3v) is 3.54. The van der Waals surface area contributed by atoms with Crippen molar-refractivity contribution in [2.75, 3.05) is 106 Å². The molecule has 0 fully saturated rings. The molecule has 0 amide bonds. The second-order valence-corrected chi connectivity index (χ2v) is 6.59. The summed E-state index contributed by atoms with van der Waals surface area (Å²) in [4.78, 5) is 0. The normalized spacial score (nSPS) is 12.5. The minimum Gasteiger partial charge on any atom is -0.382 e. The maximum Gasteiger partial charge on any atom is 0.0701 e. The van der Waals surface area contributed by atoms with E-state index < -0.39 is 0 Å². The Morgan fingerprint density at radius 1 is 0.464 bits per heavy atom. The average molecular weight is 431 g/mol. The Morgan fingerprint density at radius 2 is 0.714 bits per heavy atom. The predicted molar refractivity (Wildman–Crippen MR) is 108 cm³/mol. The molecule has 0 bridgehead atoms. The molecule has 28 heavy (non-hydrogen) atoms. The van der Waals surface area contributed by atoms with E-state index in [1.54, 1.807) is 7.11 Å². The summed E-state index contributed by atoms with van der Waals surface area (Å²) in [6.07, 6.45) is 0.856. The van der Waals surface area contributed by atoms with E-state index in [0.717, 1.165) is 6.42 Å². The van der Waals surface area contributed by atoms with Crippen molar-refractivity contribution in [3.8, 4) is 0 Å². The second-order valence-electron chi connectivity index (χ2n) is 5.85. The van der Waals surface area contributed by atoms with Crippen molar-refractivity contribution in [2.24, 2.45) is 0 Å². The van der Waals surface area contributed by atoms with Gasteiger partial charge in [0.25, 0.3) is 0 Å². The monoisotopic (exact) mass is 430 g/mol. The van der Waals surface area contributed by atoms with E-state index in [1.165, 1.54) is 0 Å². The van der Waals surface area contributed by atoms with Crippen LogP contribution in [0.3, 0.4) is 0 Å². The minimum absolute atomic E-state index is 0.152. The topological polar surface area (TPSA) is 73.8 Å². The molecule has 0 aliphatic rings.